The van der Waals surface area contributed by atoms with Gasteiger partial charge in [0.15, 0.2) is 5.69 Å². The molecule has 7 nitrogen and oxygen atoms in total. The topological polar surface area (TPSA) is 115 Å². The first-order chi connectivity index (χ1) is 17.0. The number of nitriles is 2. The van der Waals surface area contributed by atoms with E-state index in [1.54, 1.807) is 24.3 Å². The van der Waals surface area contributed by atoms with Crippen molar-refractivity contribution in [2.45, 2.75) is 29.7 Å². The molecule has 3 aromatic rings. The Hall–Kier alpha value is -3.52. The maximum atomic E-state index is 13.4. The van der Waals surface area contributed by atoms with Crippen LogP contribution in [0.5, 0.6) is 0 Å². The smallest absolute Gasteiger partial charge is 0.314 e. The maximum Gasteiger partial charge on any atom is 0.314 e. The number of benzene rings is 2. The fraction of sp³-hybridized carbons (Fsp3) is 0.182. The molecule has 2 aromatic carbocycles. The minimum atomic E-state index is -10.1. The summed E-state index contributed by atoms with van der Waals surface area (Å²) in [5.41, 5.74) is -1.51. The van der Waals surface area contributed by atoms with Crippen LogP contribution in [-0.2, 0) is 16.8 Å². The molecule has 0 aliphatic heterocycles. The quantitative estimate of drug-likeness (QED) is 0.284. The first kappa shape index (κ1) is 26.5. The number of carboxylic acids is 1. The van der Waals surface area contributed by atoms with Crippen molar-refractivity contribution in [2.24, 2.45) is 0 Å². The van der Waals surface area contributed by atoms with Crippen LogP contribution in [0.1, 0.15) is 35.2 Å². The lowest BCUT2D eigenvalue weighted by molar-refractivity contribution is -0.140. The SMILES string of the molecule is N#Cc1cccc(CNc2c(C3(C(=O)O)CC3)c(C#N)nn2-c2c(Cl)cc(S(F)(F)(F)(F)F)cc2Cl)c1. The molecule has 1 heterocycles. The zero-order valence-corrected chi connectivity index (χ0v) is 20.6. The molecule has 0 saturated heterocycles. The molecule has 1 fully saturated rings. The van der Waals surface area contributed by atoms with E-state index >= 15 is 0 Å². The van der Waals surface area contributed by atoms with Gasteiger partial charge in [-0.05, 0) is 42.7 Å². The van der Waals surface area contributed by atoms with E-state index in [0.29, 0.717) is 11.1 Å². The second-order valence-corrected chi connectivity index (χ2v) is 11.6. The molecule has 1 aromatic heterocycles. The van der Waals surface area contributed by atoms with Gasteiger partial charge in [-0.1, -0.05) is 54.8 Å². The Morgan fingerprint density at radius 1 is 1.11 bits per heavy atom. The summed E-state index contributed by atoms with van der Waals surface area (Å²) in [6, 6.07) is 10.1. The number of hydrogen-bond donors (Lipinski definition) is 2. The lowest BCUT2D eigenvalue weighted by Gasteiger charge is -2.40. The van der Waals surface area contributed by atoms with Crippen molar-refractivity contribution >= 4 is 45.2 Å². The Labute approximate surface area is 216 Å². The number of anilines is 1. The van der Waals surface area contributed by atoms with Gasteiger partial charge in [0.2, 0.25) is 0 Å². The Balaban J connectivity index is 1.93. The highest BCUT2D eigenvalue weighted by atomic mass is 35.5. The summed E-state index contributed by atoms with van der Waals surface area (Å²) in [5, 5.41) is 33.9. The number of halogens is 7. The number of aliphatic carboxylic acids is 1. The van der Waals surface area contributed by atoms with Gasteiger partial charge in [-0.15, -0.1) is 0 Å². The van der Waals surface area contributed by atoms with Crippen LogP contribution in [0.25, 0.3) is 5.69 Å². The summed E-state index contributed by atoms with van der Waals surface area (Å²) in [5.74, 6) is -1.38. The molecule has 37 heavy (non-hydrogen) atoms. The third kappa shape index (κ3) is 4.90. The van der Waals surface area contributed by atoms with Crippen LogP contribution >= 0.6 is 33.4 Å². The molecule has 0 bridgehead atoms. The number of nitrogens with zero attached hydrogens (tertiary/aromatic N) is 4. The molecule has 1 aliphatic rings. The molecule has 0 spiro atoms. The molecule has 0 unspecified atom stereocenters. The van der Waals surface area contributed by atoms with E-state index in [2.05, 4.69) is 10.4 Å². The average Bonchev–Trinajstić information content (AvgIpc) is 3.52. The molecule has 194 valence electrons. The summed E-state index contributed by atoms with van der Waals surface area (Å²) in [6.07, 6.45) is 0.290. The van der Waals surface area contributed by atoms with Gasteiger partial charge < -0.3 is 10.4 Å². The van der Waals surface area contributed by atoms with Crippen LogP contribution in [-0.4, -0.2) is 20.9 Å². The number of hydrogen-bond acceptors (Lipinski definition) is 5. The molecular formula is C22H14Cl2F5N5O2S. The lowest BCUT2D eigenvalue weighted by Crippen LogP contribution is -2.22. The Kier molecular flexibility index (Phi) is 5.73. The van der Waals surface area contributed by atoms with Crippen molar-refractivity contribution in [1.29, 1.82) is 10.5 Å². The van der Waals surface area contributed by atoms with Gasteiger partial charge >= 0.3 is 16.2 Å². The van der Waals surface area contributed by atoms with Crippen LogP contribution in [0.15, 0.2) is 41.3 Å². The Morgan fingerprint density at radius 3 is 2.22 bits per heavy atom. The first-order valence-electron chi connectivity index (χ1n) is 10.2. The molecule has 1 saturated carbocycles. The second kappa shape index (κ2) is 7.99. The van der Waals surface area contributed by atoms with E-state index in [1.807, 2.05) is 6.07 Å². The normalized spacial score (nSPS) is 16.1. The number of aromatic nitrogens is 2. The first-order valence-corrected chi connectivity index (χ1v) is 12.9. The number of carbonyl (C=O) groups is 1. The summed E-state index contributed by atoms with van der Waals surface area (Å²) < 4.78 is 67.8. The Morgan fingerprint density at radius 2 is 1.73 bits per heavy atom. The molecular weight excluding hydrogens is 564 g/mol. The fourth-order valence-electron chi connectivity index (χ4n) is 3.87. The van der Waals surface area contributed by atoms with Crippen molar-refractivity contribution in [2.75, 3.05) is 5.32 Å². The zero-order chi connectivity index (χ0) is 27.5. The van der Waals surface area contributed by atoms with E-state index < -0.39 is 42.2 Å². The van der Waals surface area contributed by atoms with Crippen LogP contribution in [0.4, 0.5) is 25.2 Å². The van der Waals surface area contributed by atoms with Gasteiger partial charge in [-0.25, -0.2) is 4.68 Å². The van der Waals surface area contributed by atoms with E-state index in [4.69, 9.17) is 28.5 Å². The minimum absolute atomic E-state index is 0.00197. The van der Waals surface area contributed by atoms with Gasteiger partial charge in [0, 0.05) is 6.54 Å². The number of nitrogens with one attached hydrogen (secondary N) is 1. The zero-order valence-electron chi connectivity index (χ0n) is 18.3. The van der Waals surface area contributed by atoms with Crippen LogP contribution in [0.2, 0.25) is 10.0 Å². The van der Waals surface area contributed by atoms with E-state index in [9.17, 15) is 34.6 Å². The van der Waals surface area contributed by atoms with Crippen molar-refractivity contribution < 1.29 is 29.3 Å². The third-order valence-corrected chi connectivity index (χ3v) is 7.50. The Bertz CT molecular complexity index is 1540. The number of rotatable bonds is 7. The maximum absolute atomic E-state index is 13.4. The predicted molar refractivity (Wildman–Crippen MR) is 127 cm³/mol. The summed E-state index contributed by atoms with van der Waals surface area (Å²) >= 11 is 12.0. The van der Waals surface area contributed by atoms with Crippen LogP contribution in [0, 0.1) is 22.7 Å². The summed E-state index contributed by atoms with van der Waals surface area (Å²) in [7, 11) is -10.1. The van der Waals surface area contributed by atoms with E-state index in [1.165, 1.54) is 6.07 Å². The van der Waals surface area contributed by atoms with Gasteiger partial charge in [-0.3, -0.25) is 4.79 Å². The van der Waals surface area contributed by atoms with Crippen molar-refractivity contribution in [3.8, 4) is 17.8 Å². The van der Waals surface area contributed by atoms with Gasteiger partial charge in [0.1, 0.15) is 22.5 Å². The largest absolute Gasteiger partial charge is 0.481 e. The predicted octanol–water partition coefficient (Wildman–Crippen LogP) is 7.31. The molecule has 4 rings (SSSR count). The van der Waals surface area contributed by atoms with Crippen molar-refractivity contribution in [1.82, 2.24) is 9.78 Å². The highest BCUT2D eigenvalue weighted by Crippen LogP contribution is 3.02. The summed E-state index contributed by atoms with van der Waals surface area (Å²) in [4.78, 5) is 9.78. The van der Waals surface area contributed by atoms with Crippen LogP contribution in [0.3, 0.4) is 0 Å². The lowest BCUT2D eigenvalue weighted by atomic mass is 9.95. The fourth-order valence-corrected chi connectivity index (χ4v) is 5.33. The molecule has 2 N–H and O–H groups in total. The molecule has 0 radical (unpaired) electrons. The van der Waals surface area contributed by atoms with E-state index in [0.717, 1.165) is 4.68 Å². The number of carboxylic acid groups (broad SMARTS) is 1. The highest BCUT2D eigenvalue weighted by molar-refractivity contribution is 8.45. The van der Waals surface area contributed by atoms with Gasteiger partial charge in [-0.2, -0.15) is 15.6 Å². The average molecular weight is 578 g/mol. The molecule has 0 atom stereocenters. The molecule has 15 heteroatoms. The van der Waals surface area contributed by atoms with Gasteiger partial charge in [0.05, 0.1) is 32.7 Å². The minimum Gasteiger partial charge on any atom is -0.481 e. The van der Waals surface area contributed by atoms with E-state index in [-0.39, 0.29) is 48.6 Å². The van der Waals surface area contributed by atoms with Crippen molar-refractivity contribution in [3.05, 3.63) is 68.8 Å². The van der Waals surface area contributed by atoms with Crippen LogP contribution < -0.4 is 5.32 Å². The van der Waals surface area contributed by atoms with Crippen molar-refractivity contribution in [3.63, 3.8) is 0 Å². The van der Waals surface area contributed by atoms with Gasteiger partial charge in [0.25, 0.3) is 0 Å². The molecule has 0 amide bonds. The second-order valence-electron chi connectivity index (χ2n) is 8.35. The third-order valence-electron chi connectivity index (χ3n) is 5.79. The molecule has 1 aliphatic carbocycles. The standard InChI is InChI=1S/C22H14Cl2F5N5O2S/c23-15-7-14(37(25,26,27,28)29)8-16(24)19(15)34-20(32-11-13-3-1-2-12(6-13)9-30)18(17(10-31)33-34)22(4-5-22)21(35)36/h1-3,6-8,32H,4-5,11H2,(H,35,36). The highest BCUT2D eigenvalue weighted by Gasteiger charge is 2.65. The monoisotopic (exact) mass is 577 g/mol. The summed E-state index contributed by atoms with van der Waals surface area (Å²) in [6.45, 7) is -0.0342.